The van der Waals surface area contributed by atoms with Gasteiger partial charge < -0.3 is 5.32 Å². The molecule has 3 heteroatoms. The molecule has 0 amide bonds. The predicted octanol–water partition coefficient (Wildman–Crippen LogP) is 2.44. The molecule has 0 saturated heterocycles. The summed E-state index contributed by atoms with van der Waals surface area (Å²) in [6, 6.07) is 8.29. The second-order valence-electron chi connectivity index (χ2n) is 3.66. The number of nitrogens with one attached hydrogen (secondary N) is 1. The molecule has 1 aromatic carbocycles. The number of aryl methyl sites for hydroxylation is 2. The van der Waals surface area contributed by atoms with Crippen molar-refractivity contribution in [3.8, 4) is 11.3 Å². The maximum atomic E-state index is 4.43. The Labute approximate surface area is 89.7 Å². The van der Waals surface area contributed by atoms with E-state index in [0.717, 1.165) is 16.9 Å². The molecule has 0 fully saturated rings. The van der Waals surface area contributed by atoms with Crippen LogP contribution in [0, 0.1) is 6.92 Å². The molecular formula is C12H15N3. The maximum Gasteiger partial charge on any atom is 0.0952 e. The van der Waals surface area contributed by atoms with Crippen LogP contribution in [0.25, 0.3) is 11.3 Å². The molecule has 0 bridgehead atoms. The molecule has 78 valence electrons. The van der Waals surface area contributed by atoms with Gasteiger partial charge in [0.05, 0.1) is 5.69 Å². The third-order valence-electron chi connectivity index (χ3n) is 2.46. The Hall–Kier alpha value is -1.77. The van der Waals surface area contributed by atoms with E-state index in [4.69, 9.17) is 0 Å². The Kier molecular flexibility index (Phi) is 2.46. The van der Waals surface area contributed by atoms with Crippen LogP contribution >= 0.6 is 0 Å². The summed E-state index contributed by atoms with van der Waals surface area (Å²) in [5.74, 6) is 0. The predicted molar refractivity (Wildman–Crippen MR) is 62.9 cm³/mol. The molecule has 1 N–H and O–H groups in total. The van der Waals surface area contributed by atoms with Gasteiger partial charge in [-0.2, -0.15) is 5.10 Å². The fourth-order valence-corrected chi connectivity index (χ4v) is 1.69. The van der Waals surface area contributed by atoms with E-state index in [1.54, 1.807) is 0 Å². The molecule has 1 aromatic heterocycles. The zero-order valence-electron chi connectivity index (χ0n) is 9.28. The third-order valence-corrected chi connectivity index (χ3v) is 2.46. The van der Waals surface area contributed by atoms with Crippen LogP contribution in [0.4, 0.5) is 5.69 Å². The highest BCUT2D eigenvalue weighted by atomic mass is 15.2. The van der Waals surface area contributed by atoms with Crippen LogP contribution < -0.4 is 5.32 Å². The van der Waals surface area contributed by atoms with Crippen molar-refractivity contribution in [2.45, 2.75) is 6.92 Å². The Morgan fingerprint density at radius 3 is 2.33 bits per heavy atom. The van der Waals surface area contributed by atoms with Crippen LogP contribution in [-0.2, 0) is 7.05 Å². The Morgan fingerprint density at radius 1 is 1.20 bits per heavy atom. The molecule has 0 atom stereocenters. The fourth-order valence-electron chi connectivity index (χ4n) is 1.69. The van der Waals surface area contributed by atoms with Gasteiger partial charge in [-0.25, -0.2) is 0 Å². The van der Waals surface area contributed by atoms with Crippen molar-refractivity contribution in [1.29, 1.82) is 0 Å². The van der Waals surface area contributed by atoms with Gasteiger partial charge >= 0.3 is 0 Å². The monoisotopic (exact) mass is 201 g/mol. The summed E-state index contributed by atoms with van der Waals surface area (Å²) >= 11 is 0. The molecule has 0 saturated carbocycles. The first kappa shape index (κ1) is 9.77. The minimum Gasteiger partial charge on any atom is -0.388 e. The normalized spacial score (nSPS) is 10.3. The van der Waals surface area contributed by atoms with Gasteiger partial charge in [0.25, 0.3) is 0 Å². The number of hydrogen-bond acceptors (Lipinski definition) is 2. The minimum atomic E-state index is 1.06. The van der Waals surface area contributed by atoms with Crippen molar-refractivity contribution < 1.29 is 0 Å². The summed E-state index contributed by atoms with van der Waals surface area (Å²) < 4.78 is 1.84. The van der Waals surface area contributed by atoms with Gasteiger partial charge in [0.1, 0.15) is 0 Å². The number of aromatic nitrogens is 2. The van der Waals surface area contributed by atoms with E-state index in [9.17, 15) is 0 Å². The summed E-state index contributed by atoms with van der Waals surface area (Å²) in [6.45, 7) is 2.08. The molecule has 0 aliphatic heterocycles. The van der Waals surface area contributed by atoms with Gasteiger partial charge in [-0.1, -0.05) is 12.1 Å². The molecular weight excluding hydrogens is 186 g/mol. The van der Waals surface area contributed by atoms with E-state index in [1.165, 1.54) is 5.56 Å². The van der Waals surface area contributed by atoms with Gasteiger partial charge in [0.15, 0.2) is 0 Å². The highest BCUT2D eigenvalue weighted by Crippen LogP contribution is 2.22. The standard InChI is InChI=1S/C12H15N3/c1-9-8-15(3)14-12(9)10-4-6-11(13-2)7-5-10/h4-8,13H,1-3H3. The van der Waals surface area contributed by atoms with Crippen molar-refractivity contribution in [2.24, 2.45) is 7.05 Å². The second kappa shape index (κ2) is 3.77. The SMILES string of the molecule is CNc1ccc(-c2nn(C)cc2C)cc1. The lowest BCUT2D eigenvalue weighted by molar-refractivity contribution is 0.770. The lowest BCUT2D eigenvalue weighted by Crippen LogP contribution is -1.89. The quantitative estimate of drug-likeness (QED) is 0.808. The number of hydrogen-bond donors (Lipinski definition) is 1. The first-order valence-corrected chi connectivity index (χ1v) is 4.99. The van der Waals surface area contributed by atoms with E-state index < -0.39 is 0 Å². The minimum absolute atomic E-state index is 1.06. The molecule has 15 heavy (non-hydrogen) atoms. The Morgan fingerprint density at radius 2 is 1.87 bits per heavy atom. The van der Waals surface area contributed by atoms with Crippen molar-refractivity contribution in [3.63, 3.8) is 0 Å². The largest absolute Gasteiger partial charge is 0.388 e. The molecule has 3 nitrogen and oxygen atoms in total. The first-order valence-electron chi connectivity index (χ1n) is 4.99. The lowest BCUT2D eigenvalue weighted by Gasteiger charge is -2.01. The third kappa shape index (κ3) is 1.86. The first-order chi connectivity index (χ1) is 7.20. The average molecular weight is 201 g/mol. The molecule has 0 aliphatic carbocycles. The molecule has 0 radical (unpaired) electrons. The summed E-state index contributed by atoms with van der Waals surface area (Å²) in [4.78, 5) is 0. The molecule has 0 unspecified atom stereocenters. The van der Waals surface area contributed by atoms with E-state index in [2.05, 4.69) is 41.6 Å². The van der Waals surface area contributed by atoms with Crippen LogP contribution in [0.2, 0.25) is 0 Å². The lowest BCUT2D eigenvalue weighted by atomic mass is 10.1. The smallest absolute Gasteiger partial charge is 0.0952 e. The van der Waals surface area contributed by atoms with E-state index >= 15 is 0 Å². The van der Waals surface area contributed by atoms with Crippen molar-refractivity contribution in [1.82, 2.24) is 9.78 Å². The van der Waals surface area contributed by atoms with Gasteiger partial charge in [-0.3, -0.25) is 4.68 Å². The van der Waals surface area contributed by atoms with Crippen LogP contribution in [0.5, 0.6) is 0 Å². The molecule has 2 aromatic rings. The van der Waals surface area contributed by atoms with Crippen LogP contribution in [0.3, 0.4) is 0 Å². The number of benzene rings is 1. The fraction of sp³-hybridized carbons (Fsp3) is 0.250. The van der Waals surface area contributed by atoms with E-state index in [1.807, 2.05) is 25.0 Å². The molecule has 1 heterocycles. The average Bonchev–Trinajstić information content (AvgIpc) is 2.58. The topological polar surface area (TPSA) is 29.9 Å². The van der Waals surface area contributed by atoms with Crippen molar-refractivity contribution in [2.75, 3.05) is 12.4 Å². The summed E-state index contributed by atoms with van der Waals surface area (Å²) in [5.41, 5.74) is 4.54. The van der Waals surface area contributed by atoms with Crippen molar-refractivity contribution >= 4 is 5.69 Å². The maximum absolute atomic E-state index is 4.43. The van der Waals surface area contributed by atoms with Crippen LogP contribution in [0.1, 0.15) is 5.56 Å². The Bertz CT molecular complexity index is 454. The van der Waals surface area contributed by atoms with Crippen LogP contribution in [-0.4, -0.2) is 16.8 Å². The summed E-state index contributed by atoms with van der Waals surface area (Å²) in [7, 11) is 3.86. The molecule has 0 spiro atoms. The zero-order valence-corrected chi connectivity index (χ0v) is 9.28. The highest BCUT2D eigenvalue weighted by Gasteiger charge is 2.05. The molecule has 2 rings (SSSR count). The summed E-state index contributed by atoms with van der Waals surface area (Å²) in [6.07, 6.45) is 2.03. The van der Waals surface area contributed by atoms with Gasteiger partial charge in [-0.05, 0) is 24.6 Å². The van der Waals surface area contributed by atoms with Gasteiger partial charge in [-0.15, -0.1) is 0 Å². The summed E-state index contributed by atoms with van der Waals surface area (Å²) in [5, 5.41) is 7.53. The van der Waals surface area contributed by atoms with E-state index in [-0.39, 0.29) is 0 Å². The molecule has 0 aliphatic rings. The van der Waals surface area contributed by atoms with E-state index in [0.29, 0.717) is 0 Å². The number of nitrogens with zero attached hydrogens (tertiary/aromatic N) is 2. The number of anilines is 1. The zero-order chi connectivity index (χ0) is 10.8. The second-order valence-corrected chi connectivity index (χ2v) is 3.66. The number of rotatable bonds is 2. The van der Waals surface area contributed by atoms with Gasteiger partial charge in [0.2, 0.25) is 0 Å². The van der Waals surface area contributed by atoms with Crippen molar-refractivity contribution in [3.05, 3.63) is 36.0 Å². The van der Waals surface area contributed by atoms with Crippen LogP contribution in [0.15, 0.2) is 30.5 Å². The highest BCUT2D eigenvalue weighted by molar-refractivity contribution is 5.65. The Balaban J connectivity index is 2.41. The van der Waals surface area contributed by atoms with Gasteiger partial charge in [0, 0.05) is 31.5 Å².